The van der Waals surface area contributed by atoms with Crippen LogP contribution >= 0.6 is 23.2 Å². The molecule has 4 nitrogen and oxygen atoms in total. The van der Waals surface area contributed by atoms with E-state index in [2.05, 4.69) is 11.4 Å². The third-order valence-corrected chi connectivity index (χ3v) is 3.62. The number of hydrogen-bond donors (Lipinski definition) is 1. The lowest BCUT2D eigenvalue weighted by atomic mass is 10.3. The Kier molecular flexibility index (Phi) is 4.52. The van der Waals surface area contributed by atoms with E-state index in [0.717, 1.165) is 12.8 Å². The van der Waals surface area contributed by atoms with E-state index in [4.69, 9.17) is 28.5 Å². The van der Waals surface area contributed by atoms with Crippen LogP contribution in [0.2, 0.25) is 10.0 Å². The van der Waals surface area contributed by atoms with Crippen LogP contribution in [0.4, 0.5) is 10.5 Å². The van der Waals surface area contributed by atoms with Gasteiger partial charge >= 0.3 is 6.03 Å². The van der Waals surface area contributed by atoms with Gasteiger partial charge in [-0.1, -0.05) is 23.2 Å². The van der Waals surface area contributed by atoms with Crippen molar-refractivity contribution in [2.75, 3.05) is 11.9 Å². The van der Waals surface area contributed by atoms with Gasteiger partial charge in [-0.05, 0) is 31.0 Å². The Morgan fingerprint density at radius 2 is 2.16 bits per heavy atom. The molecule has 2 amide bonds. The summed E-state index contributed by atoms with van der Waals surface area (Å²) in [4.78, 5) is 13.8. The molecule has 100 valence electrons. The molecule has 1 aromatic rings. The van der Waals surface area contributed by atoms with Crippen molar-refractivity contribution in [1.29, 1.82) is 5.26 Å². The van der Waals surface area contributed by atoms with Gasteiger partial charge in [-0.25, -0.2) is 4.79 Å². The predicted molar refractivity (Wildman–Crippen MR) is 75.4 cm³/mol. The molecule has 0 bridgehead atoms. The lowest BCUT2D eigenvalue weighted by molar-refractivity contribution is 0.210. The van der Waals surface area contributed by atoms with Crippen LogP contribution in [0.3, 0.4) is 0 Å². The number of carbonyl (C=O) groups is 1. The number of nitriles is 1. The molecule has 1 fully saturated rings. The first-order valence-corrected chi connectivity index (χ1v) is 6.77. The fraction of sp³-hybridized carbons (Fsp3) is 0.385. The zero-order valence-corrected chi connectivity index (χ0v) is 11.7. The van der Waals surface area contributed by atoms with Gasteiger partial charge in [-0.15, -0.1) is 0 Å². The second-order valence-corrected chi connectivity index (χ2v) is 5.21. The number of carbonyl (C=O) groups excluding carboxylic acids is 1. The standard InChI is InChI=1S/C13H13Cl2N3O/c14-11-5-2-9(8-12(11)15)17-13(19)18(7-1-6-16)10-3-4-10/h2,5,8,10H,1,3-4,7H2,(H,17,19). The first-order chi connectivity index (χ1) is 9.11. The molecule has 0 unspecified atom stereocenters. The van der Waals surface area contributed by atoms with Crippen LogP contribution in [0.25, 0.3) is 0 Å². The Morgan fingerprint density at radius 1 is 1.42 bits per heavy atom. The van der Waals surface area contributed by atoms with Gasteiger partial charge in [0.15, 0.2) is 0 Å². The van der Waals surface area contributed by atoms with Crippen molar-refractivity contribution < 1.29 is 4.79 Å². The molecule has 1 saturated carbocycles. The molecule has 0 atom stereocenters. The number of urea groups is 1. The molecule has 0 radical (unpaired) electrons. The van der Waals surface area contributed by atoms with Crippen LogP contribution in [0.1, 0.15) is 19.3 Å². The van der Waals surface area contributed by atoms with Gasteiger partial charge in [0.2, 0.25) is 0 Å². The van der Waals surface area contributed by atoms with Crippen LogP contribution in [0.15, 0.2) is 18.2 Å². The Morgan fingerprint density at radius 3 is 2.74 bits per heavy atom. The average Bonchev–Trinajstić information content (AvgIpc) is 3.19. The highest BCUT2D eigenvalue weighted by Gasteiger charge is 2.32. The zero-order valence-electron chi connectivity index (χ0n) is 10.2. The van der Waals surface area contributed by atoms with E-state index in [0.29, 0.717) is 28.7 Å². The normalized spacial score (nSPS) is 13.7. The van der Waals surface area contributed by atoms with Gasteiger partial charge in [-0.2, -0.15) is 5.26 Å². The largest absolute Gasteiger partial charge is 0.322 e. The van der Waals surface area contributed by atoms with Gasteiger partial charge in [0, 0.05) is 18.3 Å². The lowest BCUT2D eigenvalue weighted by Crippen LogP contribution is -2.37. The van der Waals surface area contributed by atoms with Gasteiger partial charge < -0.3 is 10.2 Å². The minimum Gasteiger partial charge on any atom is -0.321 e. The molecule has 2 rings (SSSR count). The summed E-state index contributed by atoms with van der Waals surface area (Å²) in [6.07, 6.45) is 2.34. The molecule has 0 saturated heterocycles. The molecule has 6 heteroatoms. The zero-order chi connectivity index (χ0) is 13.8. The third-order valence-electron chi connectivity index (χ3n) is 2.88. The molecule has 0 aromatic heterocycles. The van der Waals surface area contributed by atoms with Crippen molar-refractivity contribution in [2.45, 2.75) is 25.3 Å². The number of rotatable bonds is 4. The van der Waals surface area contributed by atoms with Crippen molar-refractivity contribution in [2.24, 2.45) is 0 Å². The van der Waals surface area contributed by atoms with E-state index in [9.17, 15) is 4.79 Å². The molecule has 0 heterocycles. The van der Waals surface area contributed by atoms with E-state index in [1.54, 1.807) is 23.1 Å². The second kappa shape index (κ2) is 6.14. The fourth-order valence-electron chi connectivity index (χ4n) is 1.78. The number of nitrogens with zero attached hydrogens (tertiary/aromatic N) is 2. The molecule has 19 heavy (non-hydrogen) atoms. The Bertz CT molecular complexity index is 523. The molecule has 1 aromatic carbocycles. The van der Waals surface area contributed by atoms with Crippen molar-refractivity contribution in [1.82, 2.24) is 4.90 Å². The first-order valence-electron chi connectivity index (χ1n) is 6.01. The van der Waals surface area contributed by atoms with E-state index < -0.39 is 0 Å². The third kappa shape index (κ3) is 3.76. The number of nitrogens with one attached hydrogen (secondary N) is 1. The number of amides is 2. The Hall–Kier alpha value is -1.44. The van der Waals surface area contributed by atoms with Crippen LogP contribution in [0.5, 0.6) is 0 Å². The molecular formula is C13H13Cl2N3O. The topological polar surface area (TPSA) is 56.1 Å². The van der Waals surface area contributed by atoms with E-state index in [1.165, 1.54) is 0 Å². The maximum Gasteiger partial charge on any atom is 0.322 e. The highest BCUT2D eigenvalue weighted by molar-refractivity contribution is 6.42. The van der Waals surface area contributed by atoms with Crippen LogP contribution < -0.4 is 5.32 Å². The number of anilines is 1. The van der Waals surface area contributed by atoms with Crippen LogP contribution in [-0.2, 0) is 0 Å². The molecule has 0 spiro atoms. The van der Waals surface area contributed by atoms with Crippen LogP contribution in [-0.4, -0.2) is 23.5 Å². The SMILES string of the molecule is N#CCCN(C(=O)Nc1ccc(Cl)c(Cl)c1)C1CC1. The molecule has 1 N–H and O–H groups in total. The second-order valence-electron chi connectivity index (χ2n) is 4.39. The first kappa shape index (κ1) is 14.0. The summed E-state index contributed by atoms with van der Waals surface area (Å²) in [5, 5.41) is 12.2. The smallest absolute Gasteiger partial charge is 0.321 e. The Labute approximate surface area is 121 Å². The highest BCUT2D eigenvalue weighted by atomic mass is 35.5. The minimum atomic E-state index is -0.198. The van der Waals surface area contributed by atoms with Gasteiger partial charge in [-0.3, -0.25) is 0 Å². The molecule has 1 aliphatic carbocycles. The fourth-order valence-corrected chi connectivity index (χ4v) is 2.07. The maximum absolute atomic E-state index is 12.1. The van der Waals surface area contributed by atoms with Crippen molar-refractivity contribution in [3.63, 3.8) is 0 Å². The lowest BCUT2D eigenvalue weighted by Gasteiger charge is -2.21. The summed E-state index contributed by atoms with van der Waals surface area (Å²) in [5.74, 6) is 0. The Balaban J connectivity index is 2.01. The summed E-state index contributed by atoms with van der Waals surface area (Å²) in [5.41, 5.74) is 0.599. The van der Waals surface area contributed by atoms with Crippen molar-refractivity contribution in [3.05, 3.63) is 28.2 Å². The monoisotopic (exact) mass is 297 g/mol. The average molecular weight is 298 g/mol. The number of halogens is 2. The van der Waals surface area contributed by atoms with E-state index >= 15 is 0 Å². The summed E-state index contributed by atoms with van der Waals surface area (Å²) >= 11 is 11.7. The maximum atomic E-state index is 12.1. The highest BCUT2D eigenvalue weighted by Crippen LogP contribution is 2.29. The molecule has 1 aliphatic rings. The van der Waals surface area contributed by atoms with Crippen molar-refractivity contribution in [3.8, 4) is 6.07 Å². The summed E-state index contributed by atoms with van der Waals surface area (Å²) in [6.45, 7) is 0.453. The number of benzene rings is 1. The van der Waals surface area contributed by atoms with Gasteiger partial charge in [0.05, 0.1) is 22.5 Å². The van der Waals surface area contributed by atoms with Crippen molar-refractivity contribution >= 4 is 34.9 Å². The summed E-state index contributed by atoms with van der Waals surface area (Å²) in [6, 6.07) is 7.06. The molecular weight excluding hydrogens is 285 g/mol. The predicted octanol–water partition coefficient (Wildman–Crippen LogP) is 3.90. The summed E-state index contributed by atoms with van der Waals surface area (Å²) in [7, 11) is 0. The number of hydrogen-bond acceptors (Lipinski definition) is 2. The van der Waals surface area contributed by atoms with Gasteiger partial charge in [0.1, 0.15) is 0 Å². The van der Waals surface area contributed by atoms with Crippen LogP contribution in [0, 0.1) is 11.3 Å². The summed E-state index contributed by atoms with van der Waals surface area (Å²) < 4.78 is 0. The minimum absolute atomic E-state index is 0.198. The molecule has 0 aliphatic heterocycles. The quantitative estimate of drug-likeness (QED) is 0.916. The van der Waals surface area contributed by atoms with Gasteiger partial charge in [0.25, 0.3) is 0 Å². The van der Waals surface area contributed by atoms with E-state index in [-0.39, 0.29) is 12.1 Å². The van der Waals surface area contributed by atoms with E-state index in [1.807, 2.05) is 0 Å².